The van der Waals surface area contributed by atoms with Crippen molar-refractivity contribution < 1.29 is 18.6 Å². The highest BCUT2D eigenvalue weighted by atomic mass is 19.1. The standard InChI is InChI=1S/C15H16FNO3/c1-18-12-5-3-10(13(16)8-12)9-20-14-6-4-11(17)7-15(14)19-2/h3-8H,9,17H2,1-2H3. The lowest BCUT2D eigenvalue weighted by atomic mass is 10.2. The average Bonchev–Trinajstić information content (AvgIpc) is 2.46. The molecule has 0 aliphatic rings. The molecule has 0 unspecified atom stereocenters. The first-order valence-electron chi connectivity index (χ1n) is 6.02. The van der Waals surface area contributed by atoms with Crippen molar-refractivity contribution in [1.29, 1.82) is 0 Å². The molecule has 20 heavy (non-hydrogen) atoms. The minimum Gasteiger partial charge on any atom is -0.497 e. The number of anilines is 1. The molecule has 0 saturated carbocycles. The van der Waals surface area contributed by atoms with E-state index < -0.39 is 0 Å². The fraction of sp³-hybridized carbons (Fsp3) is 0.200. The lowest BCUT2D eigenvalue weighted by molar-refractivity contribution is 0.279. The third kappa shape index (κ3) is 3.12. The van der Waals surface area contributed by atoms with Crippen molar-refractivity contribution in [3.63, 3.8) is 0 Å². The van der Waals surface area contributed by atoms with Crippen LogP contribution in [0.15, 0.2) is 36.4 Å². The Kier molecular flexibility index (Phi) is 4.30. The van der Waals surface area contributed by atoms with Crippen LogP contribution in [0.3, 0.4) is 0 Å². The molecule has 106 valence electrons. The van der Waals surface area contributed by atoms with Gasteiger partial charge in [0.1, 0.15) is 18.2 Å². The Morgan fingerprint density at radius 2 is 1.80 bits per heavy atom. The van der Waals surface area contributed by atoms with Gasteiger partial charge in [-0.25, -0.2) is 4.39 Å². The second-order valence-electron chi connectivity index (χ2n) is 4.16. The van der Waals surface area contributed by atoms with E-state index in [0.717, 1.165) is 0 Å². The summed E-state index contributed by atoms with van der Waals surface area (Å²) in [5.41, 5.74) is 6.67. The van der Waals surface area contributed by atoms with E-state index in [0.29, 0.717) is 28.5 Å². The van der Waals surface area contributed by atoms with Gasteiger partial charge in [-0.05, 0) is 24.3 Å². The summed E-state index contributed by atoms with van der Waals surface area (Å²) in [5, 5.41) is 0. The lowest BCUT2D eigenvalue weighted by Crippen LogP contribution is -2.01. The molecule has 0 radical (unpaired) electrons. The zero-order chi connectivity index (χ0) is 14.5. The maximum Gasteiger partial charge on any atom is 0.162 e. The molecule has 0 atom stereocenters. The minimum absolute atomic E-state index is 0.0934. The first-order valence-corrected chi connectivity index (χ1v) is 6.02. The molecule has 2 rings (SSSR count). The molecule has 0 bridgehead atoms. The zero-order valence-corrected chi connectivity index (χ0v) is 11.4. The van der Waals surface area contributed by atoms with E-state index >= 15 is 0 Å². The Labute approximate surface area is 116 Å². The van der Waals surface area contributed by atoms with E-state index in [4.69, 9.17) is 19.9 Å². The van der Waals surface area contributed by atoms with Crippen molar-refractivity contribution in [2.45, 2.75) is 6.61 Å². The molecule has 2 aromatic carbocycles. The first-order chi connectivity index (χ1) is 9.63. The van der Waals surface area contributed by atoms with Crippen LogP contribution in [-0.2, 0) is 6.61 Å². The average molecular weight is 277 g/mol. The van der Waals surface area contributed by atoms with Gasteiger partial charge in [0, 0.05) is 23.4 Å². The zero-order valence-electron chi connectivity index (χ0n) is 11.4. The van der Waals surface area contributed by atoms with Gasteiger partial charge in [0.25, 0.3) is 0 Å². The smallest absolute Gasteiger partial charge is 0.162 e. The normalized spacial score (nSPS) is 10.2. The number of halogens is 1. The number of nitrogen functional groups attached to an aromatic ring is 1. The summed E-state index contributed by atoms with van der Waals surface area (Å²) in [6, 6.07) is 9.66. The molecule has 0 spiro atoms. The molecular weight excluding hydrogens is 261 g/mol. The molecule has 0 aliphatic heterocycles. The van der Waals surface area contributed by atoms with Crippen LogP contribution < -0.4 is 19.9 Å². The van der Waals surface area contributed by atoms with Gasteiger partial charge in [0.15, 0.2) is 11.5 Å². The number of methoxy groups -OCH3 is 2. The van der Waals surface area contributed by atoms with Gasteiger partial charge < -0.3 is 19.9 Å². The van der Waals surface area contributed by atoms with E-state index in [2.05, 4.69) is 0 Å². The molecular formula is C15H16FNO3. The van der Waals surface area contributed by atoms with Gasteiger partial charge >= 0.3 is 0 Å². The topological polar surface area (TPSA) is 53.7 Å². The molecule has 0 fully saturated rings. The third-order valence-electron chi connectivity index (χ3n) is 2.83. The van der Waals surface area contributed by atoms with E-state index in [-0.39, 0.29) is 12.4 Å². The fourth-order valence-electron chi connectivity index (χ4n) is 1.73. The Bertz CT molecular complexity index is 602. The van der Waals surface area contributed by atoms with E-state index in [9.17, 15) is 4.39 Å². The molecule has 0 aromatic heterocycles. The molecule has 2 aromatic rings. The van der Waals surface area contributed by atoms with E-state index in [1.54, 1.807) is 30.3 Å². The van der Waals surface area contributed by atoms with Crippen LogP contribution in [0, 0.1) is 5.82 Å². The minimum atomic E-state index is -0.376. The van der Waals surface area contributed by atoms with Crippen LogP contribution in [0.1, 0.15) is 5.56 Å². The Balaban J connectivity index is 2.12. The number of rotatable bonds is 5. The van der Waals surface area contributed by atoms with Crippen molar-refractivity contribution in [3.05, 3.63) is 47.8 Å². The second-order valence-corrected chi connectivity index (χ2v) is 4.16. The van der Waals surface area contributed by atoms with Gasteiger partial charge in [0.2, 0.25) is 0 Å². The number of nitrogens with two attached hydrogens (primary N) is 1. The van der Waals surface area contributed by atoms with Crippen LogP contribution in [-0.4, -0.2) is 14.2 Å². The SMILES string of the molecule is COc1ccc(COc2ccc(N)cc2OC)c(F)c1. The largest absolute Gasteiger partial charge is 0.497 e. The summed E-state index contributed by atoms with van der Waals surface area (Å²) in [5.74, 6) is 1.12. The van der Waals surface area contributed by atoms with Crippen molar-refractivity contribution >= 4 is 5.69 Å². The predicted molar refractivity (Wildman–Crippen MR) is 74.7 cm³/mol. The second kappa shape index (κ2) is 6.14. The van der Waals surface area contributed by atoms with Crippen molar-refractivity contribution in [2.24, 2.45) is 0 Å². The van der Waals surface area contributed by atoms with Gasteiger partial charge in [-0.1, -0.05) is 0 Å². The van der Waals surface area contributed by atoms with Crippen LogP contribution in [0.2, 0.25) is 0 Å². The van der Waals surface area contributed by atoms with Crippen molar-refractivity contribution in [1.82, 2.24) is 0 Å². The Morgan fingerprint density at radius 1 is 1.00 bits per heavy atom. The highest BCUT2D eigenvalue weighted by Crippen LogP contribution is 2.30. The summed E-state index contributed by atoms with van der Waals surface area (Å²) in [7, 11) is 3.01. The van der Waals surface area contributed by atoms with Crippen LogP contribution in [0.25, 0.3) is 0 Å². The molecule has 0 saturated heterocycles. The molecule has 0 heterocycles. The number of hydrogen-bond donors (Lipinski definition) is 1. The predicted octanol–water partition coefficient (Wildman–Crippen LogP) is 3.00. The fourth-order valence-corrected chi connectivity index (χ4v) is 1.73. The molecule has 5 heteroatoms. The van der Waals surface area contributed by atoms with E-state index in [1.807, 2.05) is 0 Å². The van der Waals surface area contributed by atoms with Gasteiger partial charge in [0.05, 0.1) is 14.2 Å². The summed E-state index contributed by atoms with van der Waals surface area (Å²) in [6.45, 7) is 0.0934. The maximum absolute atomic E-state index is 13.8. The number of benzene rings is 2. The lowest BCUT2D eigenvalue weighted by Gasteiger charge is -2.12. The summed E-state index contributed by atoms with van der Waals surface area (Å²) < 4.78 is 29.4. The van der Waals surface area contributed by atoms with Gasteiger partial charge in [-0.3, -0.25) is 0 Å². The number of hydrogen-bond acceptors (Lipinski definition) is 4. The molecule has 2 N–H and O–H groups in total. The van der Waals surface area contributed by atoms with E-state index in [1.165, 1.54) is 20.3 Å². The Hall–Kier alpha value is -2.43. The van der Waals surface area contributed by atoms with Crippen molar-refractivity contribution in [3.8, 4) is 17.2 Å². The van der Waals surface area contributed by atoms with Crippen LogP contribution >= 0.6 is 0 Å². The summed E-state index contributed by atoms with van der Waals surface area (Å²) >= 11 is 0. The highest BCUT2D eigenvalue weighted by molar-refractivity contribution is 5.52. The molecule has 0 amide bonds. The summed E-state index contributed by atoms with van der Waals surface area (Å²) in [4.78, 5) is 0. The van der Waals surface area contributed by atoms with Crippen LogP contribution in [0.5, 0.6) is 17.2 Å². The van der Waals surface area contributed by atoms with Gasteiger partial charge in [-0.15, -0.1) is 0 Å². The summed E-state index contributed by atoms with van der Waals surface area (Å²) in [6.07, 6.45) is 0. The third-order valence-corrected chi connectivity index (χ3v) is 2.83. The van der Waals surface area contributed by atoms with Crippen molar-refractivity contribution in [2.75, 3.05) is 20.0 Å². The Morgan fingerprint density at radius 3 is 2.45 bits per heavy atom. The first kappa shape index (κ1) is 14.0. The quantitative estimate of drug-likeness (QED) is 0.854. The number of ether oxygens (including phenoxy) is 3. The van der Waals surface area contributed by atoms with Gasteiger partial charge in [-0.2, -0.15) is 0 Å². The highest BCUT2D eigenvalue weighted by Gasteiger charge is 2.08. The molecule has 4 nitrogen and oxygen atoms in total. The molecule has 0 aliphatic carbocycles. The van der Waals surface area contributed by atoms with Crippen LogP contribution in [0.4, 0.5) is 10.1 Å². The monoisotopic (exact) mass is 277 g/mol. The maximum atomic E-state index is 13.8.